The van der Waals surface area contributed by atoms with Gasteiger partial charge in [0.25, 0.3) is 0 Å². The van der Waals surface area contributed by atoms with Crippen LogP contribution in [0.1, 0.15) is 64.8 Å². The van der Waals surface area contributed by atoms with Crippen LogP contribution >= 0.6 is 0 Å². The van der Waals surface area contributed by atoms with Crippen LogP contribution in [0.3, 0.4) is 0 Å². The minimum Gasteiger partial charge on any atom is -0.456 e. The molecule has 3 nitrogen and oxygen atoms in total. The van der Waals surface area contributed by atoms with Gasteiger partial charge in [-0.25, -0.2) is 0 Å². The van der Waals surface area contributed by atoms with Crippen LogP contribution in [0.5, 0.6) is 0 Å². The van der Waals surface area contributed by atoms with E-state index in [1.54, 1.807) is 0 Å². The monoisotopic (exact) mass is 916 g/mol. The van der Waals surface area contributed by atoms with E-state index in [2.05, 4.69) is 256 Å². The van der Waals surface area contributed by atoms with Gasteiger partial charge in [0.15, 0.2) is 0 Å². The van der Waals surface area contributed by atoms with E-state index in [1.165, 1.54) is 77.4 Å². The van der Waals surface area contributed by atoms with E-state index in [1.807, 2.05) is 0 Å². The number of para-hydroxylation sites is 1. The average molecular weight is 917 g/mol. The molecular formula is C68H56N2O. The van der Waals surface area contributed by atoms with Gasteiger partial charge in [-0.15, -0.1) is 0 Å². The fraction of sp³-hybridized carbons (Fsp3) is 0.118. The first-order valence-corrected chi connectivity index (χ1v) is 24.2. The van der Waals surface area contributed by atoms with E-state index in [4.69, 9.17) is 4.42 Å². The molecule has 0 spiro atoms. The highest BCUT2D eigenvalue weighted by atomic mass is 16.3. The molecule has 0 unspecified atom stereocenters. The lowest BCUT2D eigenvalue weighted by molar-refractivity contribution is 0.660. The van der Waals surface area contributed by atoms with Crippen LogP contribution in [-0.4, -0.2) is 4.57 Å². The first-order valence-electron chi connectivity index (χ1n) is 24.2. The number of hydrogen-bond donors (Lipinski definition) is 0. The molecule has 2 aliphatic carbocycles. The maximum absolute atomic E-state index is 6.79. The van der Waals surface area contributed by atoms with Gasteiger partial charge in [-0.1, -0.05) is 182 Å². The first kappa shape index (κ1) is 43.9. The lowest BCUT2D eigenvalue weighted by Crippen LogP contribution is -2.18. The van der Waals surface area contributed by atoms with Crippen molar-refractivity contribution in [2.24, 2.45) is 0 Å². The lowest BCUT2D eigenvalue weighted by Gasteiger charge is -2.30. The standard InChI is InChI=1S/C66H48N2O.2CH4/c1-65(2)55-20-11-8-17-48(55)50-33-31-46(39-57(50)65)67(47-32-34-51-49-18-9-12-21-56(49)66(3,4)58(51)40-47)61-23-14-24-63-64(61)54-38-44(28-36-62(54)69-63)43-27-35-60-53(37-43)52-19-10-13-22-59(52)68(60)45-29-25-42(26-30-45)41-15-6-5-7-16-41;;/h5-40H,1-4H3;2*1H4. The summed E-state index contributed by atoms with van der Waals surface area (Å²) in [5.41, 5.74) is 23.7. The third-order valence-electron chi connectivity index (χ3n) is 15.6. The predicted molar refractivity (Wildman–Crippen MR) is 302 cm³/mol. The number of aromatic nitrogens is 1. The zero-order chi connectivity index (χ0) is 46.2. The normalized spacial score (nSPS) is 13.6. The molecule has 2 aromatic heterocycles. The molecule has 71 heavy (non-hydrogen) atoms. The zero-order valence-corrected chi connectivity index (χ0v) is 39.1. The van der Waals surface area contributed by atoms with E-state index in [-0.39, 0.29) is 25.7 Å². The van der Waals surface area contributed by atoms with Gasteiger partial charge < -0.3 is 13.9 Å². The highest BCUT2D eigenvalue weighted by Crippen LogP contribution is 2.54. The third-order valence-corrected chi connectivity index (χ3v) is 15.6. The summed E-state index contributed by atoms with van der Waals surface area (Å²) in [5, 5.41) is 4.64. The van der Waals surface area contributed by atoms with Crippen LogP contribution in [0.15, 0.2) is 223 Å². The van der Waals surface area contributed by atoms with Crippen molar-refractivity contribution in [2.45, 2.75) is 53.4 Å². The summed E-state index contributed by atoms with van der Waals surface area (Å²) < 4.78 is 9.19. The Kier molecular flexibility index (Phi) is 9.93. The molecule has 3 heteroatoms. The second-order valence-electron chi connectivity index (χ2n) is 20.1. The maximum atomic E-state index is 6.79. The summed E-state index contributed by atoms with van der Waals surface area (Å²) in [4.78, 5) is 2.48. The van der Waals surface area contributed by atoms with Crippen molar-refractivity contribution in [1.29, 1.82) is 0 Å². The van der Waals surface area contributed by atoms with Crippen LogP contribution in [0, 0.1) is 0 Å². The van der Waals surface area contributed by atoms with Gasteiger partial charge in [0.1, 0.15) is 11.2 Å². The molecule has 344 valence electrons. The van der Waals surface area contributed by atoms with E-state index < -0.39 is 0 Å². The van der Waals surface area contributed by atoms with Crippen LogP contribution in [0.25, 0.3) is 93.9 Å². The molecule has 0 saturated heterocycles. The summed E-state index contributed by atoms with van der Waals surface area (Å²) in [5.74, 6) is 0. The molecule has 10 aromatic carbocycles. The number of fused-ring (bicyclic) bond motifs is 12. The Labute approximate surface area is 416 Å². The smallest absolute Gasteiger partial charge is 0.137 e. The number of rotatable bonds is 6. The van der Waals surface area contributed by atoms with Crippen molar-refractivity contribution in [3.05, 3.63) is 241 Å². The van der Waals surface area contributed by atoms with E-state index in [9.17, 15) is 0 Å². The molecular weight excluding hydrogens is 861 g/mol. The molecule has 0 bridgehead atoms. The number of anilines is 3. The summed E-state index contributed by atoms with van der Waals surface area (Å²) >= 11 is 0. The average Bonchev–Trinajstić information content (AvgIpc) is 4.07. The van der Waals surface area contributed by atoms with Gasteiger partial charge in [-0.2, -0.15) is 0 Å². The molecule has 0 atom stereocenters. The summed E-state index contributed by atoms with van der Waals surface area (Å²) in [7, 11) is 0. The van der Waals surface area contributed by atoms with Gasteiger partial charge >= 0.3 is 0 Å². The Morgan fingerprint density at radius 3 is 1.55 bits per heavy atom. The molecule has 14 rings (SSSR count). The van der Waals surface area contributed by atoms with Crippen molar-refractivity contribution in [3.63, 3.8) is 0 Å². The van der Waals surface area contributed by atoms with Gasteiger partial charge in [-0.3, -0.25) is 0 Å². The zero-order valence-electron chi connectivity index (χ0n) is 39.1. The minimum absolute atomic E-state index is 0. The highest BCUT2D eigenvalue weighted by molar-refractivity contribution is 6.15. The van der Waals surface area contributed by atoms with Gasteiger partial charge in [0.2, 0.25) is 0 Å². The summed E-state index contributed by atoms with van der Waals surface area (Å²) in [6.45, 7) is 9.46. The van der Waals surface area contributed by atoms with E-state index in [0.29, 0.717) is 0 Å². The molecule has 2 aliphatic rings. The summed E-state index contributed by atoms with van der Waals surface area (Å²) in [6.07, 6.45) is 0. The van der Waals surface area contributed by atoms with Crippen LogP contribution in [0.4, 0.5) is 17.1 Å². The molecule has 2 heterocycles. The molecule has 0 saturated carbocycles. The van der Waals surface area contributed by atoms with Crippen molar-refractivity contribution in [2.75, 3.05) is 4.90 Å². The van der Waals surface area contributed by atoms with Crippen molar-refractivity contribution >= 4 is 60.8 Å². The molecule has 0 radical (unpaired) electrons. The Bertz CT molecular complexity index is 3960. The third kappa shape index (κ3) is 6.42. The van der Waals surface area contributed by atoms with Gasteiger partial charge in [0.05, 0.1) is 22.1 Å². The molecule has 0 amide bonds. The van der Waals surface area contributed by atoms with Gasteiger partial charge in [0, 0.05) is 44.1 Å². The van der Waals surface area contributed by atoms with Crippen LogP contribution < -0.4 is 4.90 Å². The Morgan fingerprint density at radius 2 is 0.887 bits per heavy atom. The van der Waals surface area contributed by atoms with E-state index in [0.717, 1.165) is 55.8 Å². The fourth-order valence-electron chi connectivity index (χ4n) is 12.1. The maximum Gasteiger partial charge on any atom is 0.137 e. The van der Waals surface area contributed by atoms with E-state index >= 15 is 0 Å². The quantitative estimate of drug-likeness (QED) is 0.166. The molecule has 0 fully saturated rings. The van der Waals surface area contributed by atoms with Gasteiger partial charge in [-0.05, 0) is 146 Å². The Hall–Kier alpha value is -8.40. The number of furan rings is 1. The second-order valence-corrected chi connectivity index (χ2v) is 20.1. The predicted octanol–water partition coefficient (Wildman–Crippen LogP) is 19.4. The molecule has 0 N–H and O–H groups in total. The first-order chi connectivity index (χ1) is 33.7. The number of nitrogens with zero attached hydrogens (tertiary/aromatic N) is 2. The molecule has 12 aromatic rings. The molecule has 0 aliphatic heterocycles. The minimum atomic E-state index is -0.154. The van der Waals surface area contributed by atoms with Crippen LogP contribution in [-0.2, 0) is 10.8 Å². The van der Waals surface area contributed by atoms with Crippen molar-refractivity contribution < 1.29 is 4.42 Å². The fourth-order valence-corrected chi connectivity index (χ4v) is 12.1. The highest BCUT2D eigenvalue weighted by Gasteiger charge is 2.38. The van der Waals surface area contributed by atoms with Crippen molar-refractivity contribution in [3.8, 4) is 50.2 Å². The SMILES string of the molecule is C.C.CC1(C)c2ccccc2-c2ccc(N(c3ccc4c(c3)C(C)(C)c3ccccc3-4)c3cccc4oc5ccc(-c6ccc7c(c6)c6ccccc6n7-c6ccc(-c7ccccc7)cc6)cc5c34)cc21. The largest absolute Gasteiger partial charge is 0.456 e. The Balaban J connectivity index is 0.00000259. The van der Waals surface area contributed by atoms with Crippen molar-refractivity contribution in [1.82, 2.24) is 4.57 Å². The lowest BCUT2D eigenvalue weighted by atomic mass is 9.82. The number of benzene rings is 10. The Morgan fingerprint density at radius 1 is 0.366 bits per heavy atom. The van der Waals surface area contributed by atoms with Crippen LogP contribution in [0.2, 0.25) is 0 Å². The topological polar surface area (TPSA) is 21.3 Å². The number of hydrogen-bond acceptors (Lipinski definition) is 2. The summed E-state index contributed by atoms with van der Waals surface area (Å²) in [6, 6.07) is 80.5. The second kappa shape index (κ2) is 16.1.